The van der Waals surface area contributed by atoms with E-state index in [0.29, 0.717) is 6.61 Å². The van der Waals surface area contributed by atoms with Gasteiger partial charge in [0.25, 0.3) is 0 Å². The lowest BCUT2D eigenvalue weighted by molar-refractivity contribution is 0.233. The minimum absolute atomic E-state index is 0.583. The molecule has 0 aromatic heterocycles. The second-order valence-corrected chi connectivity index (χ2v) is 2.85. The molecule has 0 spiro atoms. The molecule has 74 valence electrons. The Morgan fingerprint density at radius 1 is 1.46 bits per heavy atom. The topological polar surface area (TPSA) is 18.5 Å². The summed E-state index contributed by atoms with van der Waals surface area (Å²) >= 11 is 3.35. The van der Waals surface area contributed by atoms with Gasteiger partial charge in [0, 0.05) is 18.0 Å². The van der Waals surface area contributed by atoms with Crippen molar-refractivity contribution in [2.24, 2.45) is 0 Å². The minimum Gasteiger partial charge on any atom is -0.496 e. The Kier molecular flexibility index (Phi) is 7.74. The zero-order valence-electron chi connectivity index (χ0n) is 8.05. The van der Waals surface area contributed by atoms with Crippen LogP contribution < -0.4 is 0 Å². The molecule has 0 unspecified atom stereocenters. The Morgan fingerprint density at radius 3 is 2.54 bits per heavy atom. The van der Waals surface area contributed by atoms with E-state index in [1.54, 1.807) is 20.3 Å². The number of hydrogen-bond donors (Lipinski definition) is 0. The number of ether oxygens (including phenoxy) is 2. The fraction of sp³-hybridized carbons (Fsp3) is 0.400. The third kappa shape index (κ3) is 4.90. The fourth-order valence-corrected chi connectivity index (χ4v) is 1.28. The summed E-state index contributed by atoms with van der Waals surface area (Å²) in [5, 5.41) is 0.733. The summed E-state index contributed by atoms with van der Waals surface area (Å²) in [5.74, 6) is 0.809. The lowest BCUT2D eigenvalue weighted by Crippen LogP contribution is -1.91. The molecule has 0 aromatic rings. The van der Waals surface area contributed by atoms with Crippen LogP contribution in [-0.4, -0.2) is 26.2 Å². The minimum atomic E-state index is 0.583. The Bertz CT molecular complexity index is 207. The molecule has 0 rings (SSSR count). The van der Waals surface area contributed by atoms with E-state index in [-0.39, 0.29) is 0 Å². The van der Waals surface area contributed by atoms with Gasteiger partial charge in [0.1, 0.15) is 5.76 Å². The van der Waals surface area contributed by atoms with Crippen LogP contribution in [0.3, 0.4) is 0 Å². The molecule has 0 radical (unpaired) electrons. The number of rotatable bonds is 6. The maximum Gasteiger partial charge on any atom is 0.122 e. The number of halogens is 1. The molecule has 0 aromatic carbocycles. The zero-order chi connectivity index (χ0) is 10.1. The highest BCUT2D eigenvalue weighted by molar-refractivity contribution is 9.09. The van der Waals surface area contributed by atoms with Gasteiger partial charge in [-0.15, -0.1) is 0 Å². The van der Waals surface area contributed by atoms with Crippen LogP contribution in [-0.2, 0) is 9.47 Å². The molecule has 0 bridgehead atoms. The second-order valence-electron chi connectivity index (χ2n) is 2.29. The van der Waals surface area contributed by atoms with E-state index < -0.39 is 0 Å². The summed E-state index contributed by atoms with van der Waals surface area (Å²) in [4.78, 5) is 0. The average molecular weight is 247 g/mol. The summed E-state index contributed by atoms with van der Waals surface area (Å²) in [5.41, 5.74) is 1.02. The van der Waals surface area contributed by atoms with E-state index in [0.717, 1.165) is 16.7 Å². The Hall–Kier alpha value is -0.540. The van der Waals surface area contributed by atoms with E-state index in [9.17, 15) is 0 Å². The third-order valence-corrected chi connectivity index (χ3v) is 2.06. The highest BCUT2D eigenvalue weighted by Gasteiger charge is 1.97. The van der Waals surface area contributed by atoms with Crippen LogP contribution in [0.5, 0.6) is 0 Å². The number of allylic oxidation sites excluding steroid dienone is 3. The summed E-state index contributed by atoms with van der Waals surface area (Å²) in [7, 11) is 3.29. The summed E-state index contributed by atoms with van der Waals surface area (Å²) < 4.78 is 10.1. The van der Waals surface area contributed by atoms with Crippen LogP contribution in [0.4, 0.5) is 0 Å². The molecular formula is C10H15BrO2. The third-order valence-electron chi connectivity index (χ3n) is 1.46. The van der Waals surface area contributed by atoms with Crippen molar-refractivity contribution in [2.75, 3.05) is 26.2 Å². The van der Waals surface area contributed by atoms with Crippen LogP contribution in [0.25, 0.3) is 0 Å². The predicted molar refractivity (Wildman–Crippen MR) is 59.0 cm³/mol. The van der Waals surface area contributed by atoms with Gasteiger partial charge in [0.15, 0.2) is 0 Å². The van der Waals surface area contributed by atoms with Gasteiger partial charge < -0.3 is 9.47 Å². The fourth-order valence-electron chi connectivity index (χ4n) is 0.779. The summed E-state index contributed by atoms with van der Waals surface area (Å²) in [6, 6.07) is 0. The summed E-state index contributed by atoms with van der Waals surface area (Å²) in [6.07, 6.45) is 5.54. The van der Waals surface area contributed by atoms with Crippen molar-refractivity contribution >= 4 is 15.9 Å². The van der Waals surface area contributed by atoms with Crippen molar-refractivity contribution in [2.45, 2.75) is 0 Å². The SMILES string of the molecule is C=C/C(CBr)=C(\C=C/COC)OC. The van der Waals surface area contributed by atoms with E-state index in [2.05, 4.69) is 22.5 Å². The predicted octanol–water partition coefficient (Wildman–Crippen LogP) is 2.67. The lowest BCUT2D eigenvalue weighted by Gasteiger charge is -2.04. The van der Waals surface area contributed by atoms with Gasteiger partial charge in [-0.25, -0.2) is 0 Å². The average Bonchev–Trinajstić information content (AvgIpc) is 2.17. The molecule has 2 nitrogen and oxygen atoms in total. The summed E-state index contributed by atoms with van der Waals surface area (Å²) in [6.45, 7) is 4.28. The van der Waals surface area contributed by atoms with Crippen LogP contribution in [0.15, 0.2) is 36.1 Å². The van der Waals surface area contributed by atoms with Crippen molar-refractivity contribution in [3.63, 3.8) is 0 Å². The molecule has 0 atom stereocenters. The monoisotopic (exact) mass is 246 g/mol. The first-order valence-corrected chi connectivity index (χ1v) is 5.03. The van der Waals surface area contributed by atoms with Gasteiger partial charge in [0.2, 0.25) is 0 Å². The quantitative estimate of drug-likeness (QED) is 0.408. The Balaban J connectivity index is 4.45. The van der Waals surface area contributed by atoms with Crippen LogP contribution in [0.1, 0.15) is 0 Å². The van der Waals surface area contributed by atoms with Gasteiger partial charge in [-0.1, -0.05) is 34.7 Å². The van der Waals surface area contributed by atoms with Crippen molar-refractivity contribution in [3.05, 3.63) is 36.1 Å². The largest absolute Gasteiger partial charge is 0.496 e. The number of hydrogen-bond acceptors (Lipinski definition) is 2. The second kappa shape index (κ2) is 8.08. The standard InChI is InChI=1S/C10H15BrO2/c1-4-9(8-11)10(13-3)6-5-7-12-2/h4-6H,1,7-8H2,2-3H3/b6-5-,10-9-. The van der Waals surface area contributed by atoms with Gasteiger partial charge in [-0.3, -0.25) is 0 Å². The molecule has 0 fully saturated rings. The van der Waals surface area contributed by atoms with E-state index in [1.165, 1.54) is 0 Å². The molecule has 0 aliphatic heterocycles. The molecule has 0 saturated carbocycles. The highest BCUT2D eigenvalue weighted by atomic mass is 79.9. The van der Waals surface area contributed by atoms with E-state index in [1.807, 2.05) is 12.2 Å². The molecule has 13 heavy (non-hydrogen) atoms. The van der Waals surface area contributed by atoms with Gasteiger partial charge in [-0.05, 0) is 6.08 Å². The number of methoxy groups -OCH3 is 2. The van der Waals surface area contributed by atoms with Crippen LogP contribution in [0, 0.1) is 0 Å². The maximum absolute atomic E-state index is 5.18. The van der Waals surface area contributed by atoms with Crippen LogP contribution >= 0.6 is 15.9 Å². The van der Waals surface area contributed by atoms with Crippen molar-refractivity contribution in [3.8, 4) is 0 Å². The maximum atomic E-state index is 5.18. The van der Waals surface area contributed by atoms with E-state index >= 15 is 0 Å². The van der Waals surface area contributed by atoms with Gasteiger partial charge in [0.05, 0.1) is 13.7 Å². The van der Waals surface area contributed by atoms with Gasteiger partial charge in [-0.2, -0.15) is 0 Å². The Morgan fingerprint density at radius 2 is 2.15 bits per heavy atom. The molecule has 0 aliphatic carbocycles. The first-order valence-electron chi connectivity index (χ1n) is 3.91. The van der Waals surface area contributed by atoms with Gasteiger partial charge >= 0.3 is 0 Å². The molecule has 3 heteroatoms. The smallest absolute Gasteiger partial charge is 0.122 e. The first kappa shape index (κ1) is 12.5. The molecule has 0 heterocycles. The molecule has 0 aliphatic rings. The molecule has 0 amide bonds. The van der Waals surface area contributed by atoms with Crippen molar-refractivity contribution < 1.29 is 9.47 Å². The Labute approximate surface area is 88.0 Å². The molecular weight excluding hydrogens is 232 g/mol. The van der Waals surface area contributed by atoms with Crippen molar-refractivity contribution in [1.82, 2.24) is 0 Å². The molecule has 0 saturated heterocycles. The lowest BCUT2D eigenvalue weighted by atomic mass is 10.2. The molecule has 0 N–H and O–H groups in total. The normalized spacial score (nSPS) is 12.8. The van der Waals surface area contributed by atoms with E-state index in [4.69, 9.17) is 9.47 Å². The van der Waals surface area contributed by atoms with Crippen molar-refractivity contribution in [1.29, 1.82) is 0 Å². The highest BCUT2D eigenvalue weighted by Crippen LogP contribution is 2.10. The number of alkyl halides is 1. The van der Waals surface area contributed by atoms with Crippen LogP contribution in [0.2, 0.25) is 0 Å². The zero-order valence-corrected chi connectivity index (χ0v) is 9.63. The first-order chi connectivity index (χ1) is 6.29.